The number of fused-ring (bicyclic) bond motifs is 1. The zero-order valence-corrected chi connectivity index (χ0v) is 13.9. The lowest BCUT2D eigenvalue weighted by molar-refractivity contribution is 0.0697. The molecule has 0 fully saturated rings. The number of rotatable bonds is 4. The highest BCUT2D eigenvalue weighted by atomic mass is 35.5. The molecule has 0 radical (unpaired) electrons. The number of methoxy groups -OCH3 is 1. The normalized spacial score (nSPS) is 10.6. The number of carboxylic acid groups (broad SMARTS) is 1. The summed E-state index contributed by atoms with van der Waals surface area (Å²) in [4.78, 5) is 27.7. The van der Waals surface area contributed by atoms with E-state index in [4.69, 9.17) is 21.4 Å². The highest BCUT2D eigenvalue weighted by molar-refractivity contribution is 7.22. The fourth-order valence-corrected chi connectivity index (χ4v) is 3.19. The number of carbonyl (C=O) groups excluding carboxylic acids is 1. The van der Waals surface area contributed by atoms with Gasteiger partial charge in [0, 0.05) is 5.02 Å². The molecule has 2 aromatic carbocycles. The molecule has 8 heteroatoms. The van der Waals surface area contributed by atoms with Gasteiger partial charge in [0.1, 0.15) is 5.75 Å². The summed E-state index contributed by atoms with van der Waals surface area (Å²) in [6.45, 7) is 0. The number of carbonyl (C=O) groups is 2. The van der Waals surface area contributed by atoms with Crippen LogP contribution in [-0.2, 0) is 0 Å². The minimum absolute atomic E-state index is 0.170. The van der Waals surface area contributed by atoms with E-state index in [2.05, 4.69) is 10.3 Å². The van der Waals surface area contributed by atoms with Crippen LogP contribution in [0.4, 0.5) is 5.13 Å². The van der Waals surface area contributed by atoms with E-state index in [0.29, 0.717) is 31.7 Å². The second kappa shape index (κ2) is 6.46. The number of aromatic carboxylic acids is 1. The van der Waals surface area contributed by atoms with E-state index >= 15 is 0 Å². The summed E-state index contributed by atoms with van der Waals surface area (Å²) in [5.41, 5.74) is 1.11. The first-order valence-electron chi connectivity index (χ1n) is 6.76. The van der Waals surface area contributed by atoms with Crippen molar-refractivity contribution in [2.24, 2.45) is 0 Å². The predicted octanol–water partition coefficient (Wildman–Crippen LogP) is 3.91. The number of benzene rings is 2. The van der Waals surface area contributed by atoms with Crippen LogP contribution >= 0.6 is 22.9 Å². The predicted molar refractivity (Wildman–Crippen MR) is 92.5 cm³/mol. The van der Waals surface area contributed by atoms with Gasteiger partial charge in [0.15, 0.2) is 5.13 Å². The fourth-order valence-electron chi connectivity index (χ4n) is 2.13. The summed E-state index contributed by atoms with van der Waals surface area (Å²) in [5, 5.41) is 12.5. The van der Waals surface area contributed by atoms with Crippen molar-refractivity contribution in [1.82, 2.24) is 4.98 Å². The lowest BCUT2D eigenvalue weighted by atomic mass is 10.2. The molecular weight excluding hydrogens is 352 g/mol. The largest absolute Gasteiger partial charge is 0.496 e. The van der Waals surface area contributed by atoms with Crippen LogP contribution in [0.1, 0.15) is 20.7 Å². The Kier molecular flexibility index (Phi) is 4.37. The second-order valence-electron chi connectivity index (χ2n) is 4.81. The maximum atomic E-state index is 12.4. The Bertz CT molecular complexity index is 954. The SMILES string of the molecule is COc1cc(Cl)ccc1C(=O)Nc1nc2ccc(C(=O)O)cc2s1. The van der Waals surface area contributed by atoms with Crippen molar-refractivity contribution in [1.29, 1.82) is 0 Å². The quantitative estimate of drug-likeness (QED) is 0.734. The number of nitrogens with one attached hydrogen (secondary N) is 1. The van der Waals surface area contributed by atoms with Crippen molar-refractivity contribution in [3.05, 3.63) is 52.5 Å². The maximum Gasteiger partial charge on any atom is 0.335 e. The minimum Gasteiger partial charge on any atom is -0.496 e. The van der Waals surface area contributed by atoms with E-state index in [1.165, 1.54) is 30.6 Å². The first kappa shape index (κ1) is 16.2. The molecule has 1 aromatic heterocycles. The van der Waals surface area contributed by atoms with Crippen LogP contribution in [0.2, 0.25) is 5.02 Å². The summed E-state index contributed by atoms with van der Waals surface area (Å²) in [6, 6.07) is 9.30. The molecule has 3 aromatic rings. The Hall–Kier alpha value is -2.64. The Morgan fingerprint density at radius 2 is 2.04 bits per heavy atom. The van der Waals surface area contributed by atoms with E-state index in [9.17, 15) is 9.59 Å². The summed E-state index contributed by atoms with van der Waals surface area (Å²) in [7, 11) is 1.45. The summed E-state index contributed by atoms with van der Waals surface area (Å²) >= 11 is 7.08. The van der Waals surface area contributed by atoms with Gasteiger partial charge in [-0.05, 0) is 36.4 Å². The number of carboxylic acids is 1. The molecule has 0 saturated carbocycles. The molecule has 2 N–H and O–H groups in total. The van der Waals surface area contributed by atoms with E-state index in [-0.39, 0.29) is 11.5 Å². The minimum atomic E-state index is -1.01. The molecular formula is C16H11ClN2O4S. The van der Waals surface area contributed by atoms with Crippen molar-refractivity contribution < 1.29 is 19.4 Å². The summed E-state index contributed by atoms with van der Waals surface area (Å²) in [6.07, 6.45) is 0. The van der Waals surface area contributed by atoms with Gasteiger partial charge in [-0.25, -0.2) is 9.78 Å². The molecule has 1 heterocycles. The van der Waals surface area contributed by atoms with Gasteiger partial charge in [-0.3, -0.25) is 10.1 Å². The number of thiazole rings is 1. The highest BCUT2D eigenvalue weighted by Gasteiger charge is 2.15. The number of hydrogen-bond donors (Lipinski definition) is 2. The standard InChI is InChI=1S/C16H11ClN2O4S/c1-23-12-7-9(17)3-4-10(12)14(20)19-16-18-11-5-2-8(15(21)22)6-13(11)24-16/h2-7H,1H3,(H,21,22)(H,18,19,20). The third-order valence-electron chi connectivity index (χ3n) is 3.26. The van der Waals surface area contributed by atoms with Crippen LogP contribution in [-0.4, -0.2) is 29.1 Å². The maximum absolute atomic E-state index is 12.4. The highest BCUT2D eigenvalue weighted by Crippen LogP contribution is 2.29. The lowest BCUT2D eigenvalue weighted by Crippen LogP contribution is -2.12. The molecule has 0 atom stereocenters. The number of nitrogens with zero attached hydrogens (tertiary/aromatic N) is 1. The van der Waals surface area contributed by atoms with Crippen LogP contribution in [0.3, 0.4) is 0 Å². The van der Waals surface area contributed by atoms with Gasteiger partial charge in [-0.15, -0.1) is 0 Å². The molecule has 24 heavy (non-hydrogen) atoms. The van der Waals surface area contributed by atoms with Gasteiger partial charge in [0.25, 0.3) is 5.91 Å². The third kappa shape index (κ3) is 3.17. The zero-order valence-electron chi connectivity index (χ0n) is 12.4. The van der Waals surface area contributed by atoms with Gasteiger partial charge in [0.05, 0.1) is 28.5 Å². The van der Waals surface area contributed by atoms with Crippen molar-refractivity contribution in [2.45, 2.75) is 0 Å². The molecule has 0 spiro atoms. The van der Waals surface area contributed by atoms with Crippen LogP contribution in [0.5, 0.6) is 5.75 Å². The van der Waals surface area contributed by atoms with Gasteiger partial charge in [-0.2, -0.15) is 0 Å². The van der Waals surface area contributed by atoms with Crippen molar-refractivity contribution >= 4 is 50.2 Å². The van der Waals surface area contributed by atoms with Crippen molar-refractivity contribution in [3.8, 4) is 5.75 Å². The average molecular weight is 363 g/mol. The zero-order chi connectivity index (χ0) is 17.3. The Morgan fingerprint density at radius 3 is 2.75 bits per heavy atom. The van der Waals surface area contributed by atoms with Crippen LogP contribution in [0.15, 0.2) is 36.4 Å². The summed E-state index contributed by atoms with van der Waals surface area (Å²) in [5.74, 6) is -1.04. The molecule has 0 aliphatic rings. The van der Waals surface area contributed by atoms with Crippen molar-refractivity contribution in [3.63, 3.8) is 0 Å². The monoisotopic (exact) mass is 362 g/mol. The van der Waals surface area contributed by atoms with Gasteiger partial charge in [0.2, 0.25) is 0 Å². The van der Waals surface area contributed by atoms with E-state index in [1.807, 2.05) is 0 Å². The molecule has 6 nitrogen and oxygen atoms in total. The Morgan fingerprint density at radius 1 is 1.25 bits per heavy atom. The molecule has 0 unspecified atom stereocenters. The average Bonchev–Trinajstić information content (AvgIpc) is 2.95. The van der Waals surface area contributed by atoms with Crippen molar-refractivity contribution in [2.75, 3.05) is 12.4 Å². The molecule has 0 aliphatic carbocycles. The molecule has 0 saturated heterocycles. The molecule has 3 rings (SSSR count). The second-order valence-corrected chi connectivity index (χ2v) is 6.27. The number of amides is 1. The van der Waals surface area contributed by atoms with Gasteiger partial charge >= 0.3 is 5.97 Å². The van der Waals surface area contributed by atoms with E-state index in [0.717, 1.165) is 0 Å². The topological polar surface area (TPSA) is 88.5 Å². The van der Waals surface area contributed by atoms with Gasteiger partial charge in [-0.1, -0.05) is 22.9 Å². The van der Waals surface area contributed by atoms with Crippen LogP contribution in [0.25, 0.3) is 10.2 Å². The Labute approximate surface area is 145 Å². The van der Waals surface area contributed by atoms with Crippen LogP contribution in [0, 0.1) is 0 Å². The molecule has 0 aliphatic heterocycles. The number of hydrogen-bond acceptors (Lipinski definition) is 5. The van der Waals surface area contributed by atoms with E-state index < -0.39 is 5.97 Å². The summed E-state index contributed by atoms with van der Waals surface area (Å²) < 4.78 is 5.83. The fraction of sp³-hybridized carbons (Fsp3) is 0.0625. The number of halogens is 1. The number of anilines is 1. The molecule has 1 amide bonds. The van der Waals surface area contributed by atoms with Gasteiger partial charge < -0.3 is 9.84 Å². The smallest absolute Gasteiger partial charge is 0.335 e. The Balaban J connectivity index is 1.89. The number of aromatic nitrogens is 1. The molecule has 0 bridgehead atoms. The first-order chi connectivity index (χ1) is 11.5. The molecule has 122 valence electrons. The lowest BCUT2D eigenvalue weighted by Gasteiger charge is -2.07. The van der Waals surface area contributed by atoms with E-state index in [1.54, 1.807) is 24.3 Å². The number of ether oxygens (including phenoxy) is 1. The van der Waals surface area contributed by atoms with Crippen LogP contribution < -0.4 is 10.1 Å². The third-order valence-corrected chi connectivity index (χ3v) is 4.43. The first-order valence-corrected chi connectivity index (χ1v) is 7.96.